The van der Waals surface area contributed by atoms with Crippen molar-refractivity contribution in [3.8, 4) is 16.9 Å². The van der Waals surface area contributed by atoms with Crippen molar-refractivity contribution in [2.75, 3.05) is 0 Å². The lowest BCUT2D eigenvalue weighted by molar-refractivity contribution is 1.07. The lowest BCUT2D eigenvalue weighted by Crippen LogP contribution is -1.99. The fourth-order valence-electron chi connectivity index (χ4n) is 3.34. The molecule has 0 aliphatic heterocycles. The minimum atomic E-state index is -2.63. The minimum Gasteiger partial charge on any atom is -0.294 e. The standard InChI is InChI=1S/C24H17BrN2/c1-16-13-24(26-15-21(16)17-7-3-2-4-8-17)27-22-10-6-5-9-19(22)20-12-11-18(25)14-23(20)27/h2-15H,1H3/i1D3,2D,3D,4D,7D,8D. The average molecular weight is 421 g/mol. The smallest absolute Gasteiger partial charge is 0.137 e. The van der Waals surface area contributed by atoms with Crippen molar-refractivity contribution in [3.05, 3.63) is 95.0 Å². The van der Waals surface area contributed by atoms with Crippen molar-refractivity contribution in [3.63, 3.8) is 0 Å². The zero-order valence-electron chi connectivity index (χ0n) is 22.0. The number of pyridine rings is 1. The van der Waals surface area contributed by atoms with E-state index in [1.807, 2.05) is 47.0 Å². The highest BCUT2D eigenvalue weighted by molar-refractivity contribution is 9.10. The van der Waals surface area contributed by atoms with Crippen molar-refractivity contribution >= 4 is 37.7 Å². The molecule has 0 aliphatic carbocycles. The number of fused-ring (bicyclic) bond motifs is 3. The van der Waals surface area contributed by atoms with E-state index in [-0.39, 0.29) is 16.7 Å². The summed E-state index contributed by atoms with van der Waals surface area (Å²) in [5, 5.41) is 1.94. The summed E-state index contributed by atoms with van der Waals surface area (Å²) in [4.78, 5) is 4.53. The number of halogens is 1. The predicted molar refractivity (Wildman–Crippen MR) is 116 cm³/mol. The van der Waals surface area contributed by atoms with E-state index in [9.17, 15) is 0 Å². The molecule has 2 nitrogen and oxygen atoms in total. The van der Waals surface area contributed by atoms with Gasteiger partial charge in [-0.1, -0.05) is 70.4 Å². The maximum atomic E-state index is 8.31. The maximum absolute atomic E-state index is 8.31. The fourth-order valence-corrected chi connectivity index (χ4v) is 3.69. The number of para-hydroxylation sites is 1. The molecule has 0 aliphatic rings. The summed E-state index contributed by atoms with van der Waals surface area (Å²) in [6, 6.07) is 12.4. The Hall–Kier alpha value is -2.91. The number of benzene rings is 3. The lowest BCUT2D eigenvalue weighted by Gasteiger charge is -2.11. The monoisotopic (exact) mass is 420 g/mol. The first-order valence-electron chi connectivity index (χ1n) is 12.3. The molecule has 5 aromatic rings. The summed E-state index contributed by atoms with van der Waals surface area (Å²) in [5.41, 5.74) is 1.29. The second kappa shape index (κ2) is 6.36. The molecule has 2 aromatic heterocycles. The molecule has 0 radical (unpaired) electrons. The first-order chi connectivity index (χ1) is 16.5. The van der Waals surface area contributed by atoms with E-state index in [1.54, 1.807) is 0 Å². The van der Waals surface area contributed by atoms with E-state index < -0.39 is 37.1 Å². The van der Waals surface area contributed by atoms with Crippen LogP contribution in [-0.4, -0.2) is 9.55 Å². The SMILES string of the molecule is [2H]c1c([2H])c([2H])c(-c2cnc(-n3c4ccccc4c4ccc(Br)cc43)cc2C([2H])([2H])[2H])c([2H])c1[2H]. The van der Waals surface area contributed by atoms with Crippen LogP contribution in [0.2, 0.25) is 0 Å². The van der Waals surface area contributed by atoms with E-state index >= 15 is 0 Å². The number of hydrogen-bond donors (Lipinski definition) is 0. The highest BCUT2D eigenvalue weighted by atomic mass is 79.9. The molecule has 0 atom stereocenters. The highest BCUT2D eigenvalue weighted by Crippen LogP contribution is 2.34. The predicted octanol–water partition coefficient (Wildman–Crippen LogP) is 6.92. The molecule has 27 heavy (non-hydrogen) atoms. The van der Waals surface area contributed by atoms with Gasteiger partial charge in [0.15, 0.2) is 0 Å². The van der Waals surface area contributed by atoms with Crippen molar-refractivity contribution in [2.24, 2.45) is 0 Å². The van der Waals surface area contributed by atoms with Gasteiger partial charge in [0.05, 0.1) is 17.9 Å². The molecule has 0 bridgehead atoms. The summed E-state index contributed by atoms with van der Waals surface area (Å²) in [6.07, 6.45) is 1.28. The Morgan fingerprint density at radius 3 is 2.63 bits per heavy atom. The fraction of sp³-hybridized carbons (Fsp3) is 0.0417. The van der Waals surface area contributed by atoms with E-state index in [1.165, 1.54) is 12.3 Å². The molecule has 0 amide bonds. The molecule has 0 spiro atoms. The normalized spacial score (nSPS) is 16.0. The molecule has 0 fully saturated rings. The van der Waals surface area contributed by atoms with Crippen LogP contribution in [0.4, 0.5) is 0 Å². The number of aryl methyl sites for hydroxylation is 1. The van der Waals surface area contributed by atoms with Gasteiger partial charge in [-0.25, -0.2) is 4.98 Å². The molecule has 3 aromatic carbocycles. The maximum Gasteiger partial charge on any atom is 0.137 e. The van der Waals surface area contributed by atoms with Gasteiger partial charge in [0.2, 0.25) is 0 Å². The molecule has 0 N–H and O–H groups in total. The Kier molecular flexibility index (Phi) is 2.32. The van der Waals surface area contributed by atoms with Crippen LogP contribution < -0.4 is 0 Å². The summed E-state index contributed by atoms with van der Waals surface area (Å²) in [7, 11) is 0. The largest absolute Gasteiger partial charge is 0.294 e. The van der Waals surface area contributed by atoms with Crippen LogP contribution in [0, 0.1) is 6.85 Å². The van der Waals surface area contributed by atoms with E-state index in [0.29, 0.717) is 5.82 Å². The third kappa shape index (κ3) is 2.66. The van der Waals surface area contributed by atoms with E-state index in [2.05, 4.69) is 20.9 Å². The van der Waals surface area contributed by atoms with E-state index in [4.69, 9.17) is 11.0 Å². The number of nitrogens with zero attached hydrogens (tertiary/aromatic N) is 2. The van der Waals surface area contributed by atoms with Gasteiger partial charge in [0, 0.05) is 31.1 Å². The van der Waals surface area contributed by atoms with Gasteiger partial charge in [-0.05, 0) is 42.2 Å². The molecular formula is C24H17BrN2. The Bertz CT molecular complexity index is 1630. The number of rotatable bonds is 2. The quantitative estimate of drug-likeness (QED) is 0.303. The Morgan fingerprint density at radius 2 is 1.78 bits per heavy atom. The third-order valence-electron chi connectivity index (χ3n) is 4.52. The summed E-state index contributed by atoms with van der Waals surface area (Å²) in [5.74, 6) is 0.344. The second-order valence-corrected chi connectivity index (χ2v) is 7.02. The zero-order chi connectivity index (χ0) is 25.2. The lowest BCUT2D eigenvalue weighted by atomic mass is 10.0. The van der Waals surface area contributed by atoms with Crippen LogP contribution in [0.25, 0.3) is 38.8 Å². The minimum absolute atomic E-state index is 0.0207. The number of aromatic nitrogens is 2. The van der Waals surface area contributed by atoms with Gasteiger partial charge >= 0.3 is 0 Å². The molecule has 3 heteroatoms. The summed E-state index contributed by atoms with van der Waals surface area (Å²) >= 11 is 3.50. The van der Waals surface area contributed by atoms with Crippen molar-refractivity contribution < 1.29 is 11.0 Å². The summed E-state index contributed by atoms with van der Waals surface area (Å²) < 4.78 is 67.7. The van der Waals surface area contributed by atoms with Gasteiger partial charge in [-0.2, -0.15) is 0 Å². The Labute approximate surface area is 177 Å². The van der Waals surface area contributed by atoms with Gasteiger partial charge in [0.1, 0.15) is 5.82 Å². The number of hydrogen-bond acceptors (Lipinski definition) is 1. The molecule has 0 saturated carbocycles. The van der Waals surface area contributed by atoms with Crippen molar-refractivity contribution in [1.29, 1.82) is 0 Å². The molecule has 5 rings (SSSR count). The average Bonchev–Trinajstić information content (AvgIpc) is 3.14. The van der Waals surface area contributed by atoms with Crippen LogP contribution in [0.3, 0.4) is 0 Å². The van der Waals surface area contributed by atoms with Crippen molar-refractivity contribution in [1.82, 2.24) is 9.55 Å². The van der Waals surface area contributed by atoms with Crippen LogP contribution in [0.15, 0.2) is 89.4 Å². The van der Waals surface area contributed by atoms with Gasteiger partial charge in [0.25, 0.3) is 0 Å². The molecular weight excluding hydrogens is 396 g/mol. The summed E-state index contributed by atoms with van der Waals surface area (Å²) in [6.45, 7) is -2.63. The molecule has 0 saturated heterocycles. The van der Waals surface area contributed by atoms with Crippen LogP contribution in [-0.2, 0) is 0 Å². The van der Waals surface area contributed by atoms with Crippen LogP contribution in [0.5, 0.6) is 0 Å². The third-order valence-corrected chi connectivity index (χ3v) is 5.02. The highest BCUT2D eigenvalue weighted by Gasteiger charge is 2.14. The van der Waals surface area contributed by atoms with E-state index in [0.717, 1.165) is 26.3 Å². The van der Waals surface area contributed by atoms with Gasteiger partial charge in [-0.15, -0.1) is 0 Å². The van der Waals surface area contributed by atoms with Crippen molar-refractivity contribution in [2.45, 2.75) is 6.85 Å². The Balaban J connectivity index is 1.86. The zero-order valence-corrected chi connectivity index (χ0v) is 15.6. The van der Waals surface area contributed by atoms with Crippen LogP contribution >= 0.6 is 15.9 Å². The Morgan fingerprint density at radius 1 is 0.963 bits per heavy atom. The second-order valence-electron chi connectivity index (χ2n) is 6.10. The molecule has 0 unspecified atom stereocenters. The van der Waals surface area contributed by atoms with Gasteiger partial charge < -0.3 is 0 Å². The molecule has 2 heterocycles. The first kappa shape index (κ1) is 9.86. The van der Waals surface area contributed by atoms with Crippen LogP contribution in [0.1, 0.15) is 16.5 Å². The topological polar surface area (TPSA) is 17.8 Å². The first-order valence-corrected chi connectivity index (χ1v) is 9.07. The molecule has 130 valence electrons. The van der Waals surface area contributed by atoms with Gasteiger partial charge in [-0.3, -0.25) is 4.57 Å².